The molecule has 0 radical (unpaired) electrons. The Morgan fingerprint density at radius 2 is 2.33 bits per heavy atom. The van der Waals surface area contributed by atoms with Gasteiger partial charge in [-0.05, 0) is 37.5 Å². The Hall–Kier alpha value is -0.730. The molecular formula is C12H16ClNO. The van der Waals surface area contributed by atoms with Gasteiger partial charge in [-0.15, -0.1) is 0 Å². The third-order valence-corrected chi connectivity index (χ3v) is 2.96. The highest BCUT2D eigenvalue weighted by molar-refractivity contribution is 6.33. The molecule has 1 heterocycles. The molecule has 2 nitrogen and oxygen atoms in total. The zero-order valence-corrected chi connectivity index (χ0v) is 9.68. The summed E-state index contributed by atoms with van der Waals surface area (Å²) in [6.45, 7) is 3.71. The van der Waals surface area contributed by atoms with Crippen LogP contribution in [-0.2, 0) is 4.74 Å². The van der Waals surface area contributed by atoms with Gasteiger partial charge in [0.15, 0.2) is 0 Å². The molecule has 1 unspecified atom stereocenters. The molecule has 1 fully saturated rings. The van der Waals surface area contributed by atoms with Gasteiger partial charge in [-0.2, -0.15) is 0 Å². The first-order valence-electron chi connectivity index (χ1n) is 5.36. The third-order valence-electron chi connectivity index (χ3n) is 2.64. The van der Waals surface area contributed by atoms with Gasteiger partial charge < -0.3 is 10.1 Å². The van der Waals surface area contributed by atoms with Crippen molar-refractivity contribution < 1.29 is 4.74 Å². The van der Waals surface area contributed by atoms with E-state index in [4.69, 9.17) is 16.3 Å². The predicted molar refractivity (Wildman–Crippen MR) is 63.7 cm³/mol. The monoisotopic (exact) mass is 225 g/mol. The first kappa shape index (κ1) is 10.8. The molecule has 1 atom stereocenters. The van der Waals surface area contributed by atoms with Crippen molar-refractivity contribution in [3.63, 3.8) is 0 Å². The maximum absolute atomic E-state index is 6.15. The number of hydrogen-bond acceptors (Lipinski definition) is 2. The largest absolute Gasteiger partial charge is 0.379 e. The van der Waals surface area contributed by atoms with E-state index in [1.165, 1.54) is 5.56 Å². The summed E-state index contributed by atoms with van der Waals surface area (Å²) in [5, 5.41) is 4.21. The van der Waals surface area contributed by atoms with Crippen LogP contribution in [0.5, 0.6) is 0 Å². The molecule has 1 aliphatic rings. The van der Waals surface area contributed by atoms with Crippen LogP contribution in [0.2, 0.25) is 5.02 Å². The molecule has 1 aliphatic heterocycles. The summed E-state index contributed by atoms with van der Waals surface area (Å²) >= 11 is 6.15. The van der Waals surface area contributed by atoms with Crippen molar-refractivity contribution in [2.24, 2.45) is 0 Å². The van der Waals surface area contributed by atoms with Gasteiger partial charge in [-0.3, -0.25) is 0 Å². The summed E-state index contributed by atoms with van der Waals surface area (Å²) in [6.07, 6.45) is 2.28. The van der Waals surface area contributed by atoms with Crippen LogP contribution in [0.4, 0.5) is 5.69 Å². The van der Waals surface area contributed by atoms with E-state index >= 15 is 0 Å². The van der Waals surface area contributed by atoms with Crippen molar-refractivity contribution >= 4 is 17.3 Å². The lowest BCUT2D eigenvalue weighted by Crippen LogP contribution is -2.30. The van der Waals surface area contributed by atoms with Gasteiger partial charge in [0.2, 0.25) is 0 Å². The number of rotatable bonds is 2. The fourth-order valence-corrected chi connectivity index (χ4v) is 2.10. The molecule has 0 saturated carbocycles. The van der Waals surface area contributed by atoms with Gasteiger partial charge in [0.25, 0.3) is 0 Å². The van der Waals surface area contributed by atoms with Gasteiger partial charge in [0.1, 0.15) is 0 Å². The van der Waals surface area contributed by atoms with Crippen LogP contribution in [0.15, 0.2) is 18.2 Å². The Bertz CT molecular complexity index is 334. The molecule has 3 heteroatoms. The number of ether oxygens (including phenoxy) is 1. The van der Waals surface area contributed by atoms with Gasteiger partial charge in [-0.1, -0.05) is 17.7 Å². The van der Waals surface area contributed by atoms with Crippen molar-refractivity contribution in [2.45, 2.75) is 25.8 Å². The molecular weight excluding hydrogens is 210 g/mol. The SMILES string of the molecule is Cc1ccc(NC2CCCOC2)c(Cl)c1. The van der Waals surface area contributed by atoms with E-state index in [1.807, 2.05) is 19.1 Å². The summed E-state index contributed by atoms with van der Waals surface area (Å²) in [7, 11) is 0. The maximum atomic E-state index is 6.15. The minimum absolute atomic E-state index is 0.402. The number of benzene rings is 1. The highest BCUT2D eigenvalue weighted by Gasteiger charge is 2.14. The minimum atomic E-state index is 0.402. The van der Waals surface area contributed by atoms with E-state index < -0.39 is 0 Å². The van der Waals surface area contributed by atoms with Crippen LogP contribution in [0.3, 0.4) is 0 Å². The molecule has 82 valence electrons. The van der Waals surface area contributed by atoms with Crippen LogP contribution in [0.1, 0.15) is 18.4 Å². The summed E-state index contributed by atoms with van der Waals surface area (Å²) < 4.78 is 5.41. The number of aryl methyl sites for hydroxylation is 1. The predicted octanol–water partition coefficient (Wildman–Crippen LogP) is 3.24. The van der Waals surface area contributed by atoms with Gasteiger partial charge >= 0.3 is 0 Å². The molecule has 0 bridgehead atoms. The molecule has 1 saturated heterocycles. The zero-order valence-electron chi connectivity index (χ0n) is 8.92. The molecule has 0 spiro atoms. The normalized spacial score (nSPS) is 21.3. The first-order chi connectivity index (χ1) is 7.25. The van der Waals surface area contributed by atoms with Crippen molar-refractivity contribution in [1.29, 1.82) is 0 Å². The highest BCUT2D eigenvalue weighted by atomic mass is 35.5. The molecule has 0 amide bonds. The van der Waals surface area contributed by atoms with E-state index in [-0.39, 0.29) is 0 Å². The number of hydrogen-bond donors (Lipinski definition) is 1. The fourth-order valence-electron chi connectivity index (χ4n) is 1.81. The lowest BCUT2D eigenvalue weighted by molar-refractivity contribution is 0.0876. The number of nitrogens with one attached hydrogen (secondary N) is 1. The number of halogens is 1. The van der Waals surface area contributed by atoms with Gasteiger partial charge in [0.05, 0.1) is 17.3 Å². The van der Waals surface area contributed by atoms with E-state index in [0.717, 1.165) is 36.8 Å². The molecule has 1 aromatic rings. The van der Waals surface area contributed by atoms with Crippen molar-refractivity contribution in [3.8, 4) is 0 Å². The molecule has 2 rings (SSSR count). The van der Waals surface area contributed by atoms with Gasteiger partial charge in [-0.25, -0.2) is 0 Å². The Balaban J connectivity index is 2.03. The molecule has 0 aliphatic carbocycles. The summed E-state index contributed by atoms with van der Waals surface area (Å²) in [6, 6.07) is 6.48. The van der Waals surface area contributed by atoms with E-state index in [0.29, 0.717) is 6.04 Å². The van der Waals surface area contributed by atoms with Gasteiger partial charge in [0, 0.05) is 12.6 Å². The van der Waals surface area contributed by atoms with Crippen LogP contribution in [-0.4, -0.2) is 19.3 Å². The maximum Gasteiger partial charge on any atom is 0.0667 e. The van der Waals surface area contributed by atoms with Crippen molar-refractivity contribution in [3.05, 3.63) is 28.8 Å². The lowest BCUT2D eigenvalue weighted by atomic mass is 10.1. The van der Waals surface area contributed by atoms with Crippen LogP contribution >= 0.6 is 11.6 Å². The Kier molecular flexibility index (Phi) is 3.49. The summed E-state index contributed by atoms with van der Waals surface area (Å²) in [5.41, 5.74) is 2.20. The fraction of sp³-hybridized carbons (Fsp3) is 0.500. The second-order valence-corrected chi connectivity index (χ2v) is 4.45. The Morgan fingerprint density at radius 3 is 3.00 bits per heavy atom. The van der Waals surface area contributed by atoms with Crippen LogP contribution in [0, 0.1) is 6.92 Å². The topological polar surface area (TPSA) is 21.3 Å². The second-order valence-electron chi connectivity index (χ2n) is 4.04. The average molecular weight is 226 g/mol. The quantitative estimate of drug-likeness (QED) is 0.835. The van der Waals surface area contributed by atoms with E-state index in [1.54, 1.807) is 0 Å². The van der Waals surface area contributed by atoms with E-state index in [9.17, 15) is 0 Å². The smallest absolute Gasteiger partial charge is 0.0667 e. The second kappa shape index (κ2) is 4.86. The minimum Gasteiger partial charge on any atom is -0.379 e. The standard InChI is InChI=1S/C12H16ClNO/c1-9-4-5-12(11(13)7-9)14-10-3-2-6-15-8-10/h4-5,7,10,14H,2-3,6,8H2,1H3. The lowest BCUT2D eigenvalue weighted by Gasteiger charge is -2.24. The highest BCUT2D eigenvalue weighted by Crippen LogP contribution is 2.24. The van der Waals surface area contributed by atoms with E-state index in [2.05, 4.69) is 11.4 Å². The van der Waals surface area contributed by atoms with Crippen molar-refractivity contribution in [2.75, 3.05) is 18.5 Å². The van der Waals surface area contributed by atoms with Crippen molar-refractivity contribution in [1.82, 2.24) is 0 Å². The molecule has 15 heavy (non-hydrogen) atoms. The van der Waals surface area contributed by atoms with Crippen LogP contribution in [0.25, 0.3) is 0 Å². The Labute approximate surface area is 95.6 Å². The first-order valence-corrected chi connectivity index (χ1v) is 5.74. The average Bonchev–Trinajstić information content (AvgIpc) is 2.24. The Morgan fingerprint density at radius 1 is 1.47 bits per heavy atom. The zero-order chi connectivity index (χ0) is 10.7. The summed E-state index contributed by atoms with van der Waals surface area (Å²) in [5.74, 6) is 0. The molecule has 1 aromatic carbocycles. The molecule has 1 N–H and O–H groups in total. The van der Waals surface area contributed by atoms with Crippen LogP contribution < -0.4 is 5.32 Å². The molecule has 0 aromatic heterocycles. The third kappa shape index (κ3) is 2.86. The number of anilines is 1. The summed E-state index contributed by atoms with van der Waals surface area (Å²) in [4.78, 5) is 0.